The molecule has 0 amide bonds. The van der Waals surface area contributed by atoms with Gasteiger partial charge < -0.3 is 4.90 Å². The average Bonchev–Trinajstić information content (AvgIpc) is 3.11. The van der Waals surface area contributed by atoms with Crippen LogP contribution in [0.5, 0.6) is 0 Å². The highest BCUT2D eigenvalue weighted by molar-refractivity contribution is 7.13. The van der Waals surface area contributed by atoms with E-state index in [0.29, 0.717) is 6.04 Å². The van der Waals surface area contributed by atoms with E-state index in [1.165, 1.54) is 54.6 Å². The Labute approximate surface area is 154 Å². The summed E-state index contributed by atoms with van der Waals surface area (Å²) in [5.41, 5.74) is 2.94. The number of hydrogen-bond donors (Lipinski definition) is 2. The van der Waals surface area contributed by atoms with E-state index in [-0.39, 0.29) is 0 Å². The molecule has 1 aliphatic heterocycles. The smallest absolute Gasteiger partial charge is 0.150 e. The van der Waals surface area contributed by atoms with Crippen molar-refractivity contribution in [3.8, 4) is 0 Å². The van der Waals surface area contributed by atoms with Crippen molar-refractivity contribution in [3.63, 3.8) is 0 Å². The van der Waals surface area contributed by atoms with Gasteiger partial charge in [0.15, 0.2) is 0 Å². The predicted molar refractivity (Wildman–Crippen MR) is 106 cm³/mol. The maximum Gasteiger partial charge on any atom is 0.150 e. The van der Waals surface area contributed by atoms with Crippen LogP contribution < -0.4 is 16.2 Å². The number of nitrogens with one attached hydrogen (secondary N) is 1. The third-order valence-electron chi connectivity index (χ3n) is 5.97. The van der Waals surface area contributed by atoms with Crippen LogP contribution in [-0.4, -0.2) is 48.0 Å². The van der Waals surface area contributed by atoms with Crippen LogP contribution in [0.15, 0.2) is 24.3 Å². The van der Waals surface area contributed by atoms with Crippen LogP contribution in [0.1, 0.15) is 32.1 Å². The summed E-state index contributed by atoms with van der Waals surface area (Å²) in [7, 11) is 0. The summed E-state index contributed by atoms with van der Waals surface area (Å²) in [6.45, 7) is 5.75. The molecule has 5 nitrogen and oxygen atoms in total. The van der Waals surface area contributed by atoms with Crippen LogP contribution in [-0.2, 0) is 0 Å². The minimum absolute atomic E-state index is 0.549. The van der Waals surface area contributed by atoms with Gasteiger partial charge in [0.05, 0.1) is 4.70 Å². The van der Waals surface area contributed by atoms with Gasteiger partial charge in [0.25, 0.3) is 0 Å². The average molecular weight is 360 g/mol. The Morgan fingerprint density at radius 1 is 1.08 bits per heavy atom. The molecule has 1 saturated heterocycles. The van der Waals surface area contributed by atoms with Crippen LogP contribution in [0.3, 0.4) is 0 Å². The highest BCUT2D eigenvalue weighted by atomic mass is 32.1. The van der Waals surface area contributed by atoms with Crippen LogP contribution in [0, 0.1) is 5.92 Å². The highest BCUT2D eigenvalue weighted by Crippen LogP contribution is 2.30. The fourth-order valence-corrected chi connectivity index (χ4v) is 5.06. The molecule has 2 aromatic rings. The van der Waals surface area contributed by atoms with Crippen molar-refractivity contribution in [1.29, 1.82) is 0 Å². The zero-order valence-electron chi connectivity index (χ0n) is 14.9. The van der Waals surface area contributed by atoms with Gasteiger partial charge in [-0.1, -0.05) is 12.1 Å². The fraction of sp³-hybridized carbons (Fsp3) is 0.632. The monoisotopic (exact) mass is 359 g/mol. The Morgan fingerprint density at radius 2 is 1.84 bits per heavy atom. The summed E-state index contributed by atoms with van der Waals surface area (Å²) < 4.78 is 6.01. The van der Waals surface area contributed by atoms with Crippen molar-refractivity contribution in [1.82, 2.24) is 14.7 Å². The molecule has 0 atom stereocenters. The predicted octanol–water partition coefficient (Wildman–Crippen LogP) is 2.83. The van der Waals surface area contributed by atoms with E-state index in [1.54, 1.807) is 11.5 Å². The molecule has 2 heterocycles. The van der Waals surface area contributed by atoms with Crippen molar-refractivity contribution in [2.45, 2.75) is 38.1 Å². The van der Waals surface area contributed by atoms with Crippen molar-refractivity contribution in [2.24, 2.45) is 11.8 Å². The standard InChI is InChI=1S/C19H29N5S/c20-21-16-7-5-15(6-8-16)9-10-23-11-13-24(14-12-23)19-17-3-1-2-4-18(17)25-22-19/h1-4,15-16,21H,5-14,20H2. The lowest BCUT2D eigenvalue weighted by Crippen LogP contribution is -2.47. The topological polar surface area (TPSA) is 57.4 Å². The van der Waals surface area contributed by atoms with Gasteiger partial charge in [0.1, 0.15) is 5.82 Å². The Kier molecular flexibility index (Phi) is 5.51. The lowest BCUT2D eigenvalue weighted by molar-refractivity contribution is 0.211. The van der Waals surface area contributed by atoms with E-state index in [9.17, 15) is 0 Å². The Hall–Kier alpha value is -1.21. The number of fused-ring (bicyclic) bond motifs is 1. The molecular formula is C19H29N5S. The second-order valence-electron chi connectivity index (χ2n) is 7.50. The maximum atomic E-state index is 5.56. The van der Waals surface area contributed by atoms with Gasteiger partial charge in [-0.05, 0) is 68.2 Å². The minimum Gasteiger partial charge on any atom is -0.353 e. The first-order chi connectivity index (χ1) is 12.3. The summed E-state index contributed by atoms with van der Waals surface area (Å²) in [5, 5.41) is 1.31. The SMILES string of the molecule is NNC1CCC(CCN2CCN(c3nsc4ccccc34)CC2)CC1. The van der Waals surface area contributed by atoms with E-state index in [1.807, 2.05) is 0 Å². The van der Waals surface area contributed by atoms with E-state index in [2.05, 4.69) is 39.5 Å². The number of rotatable bonds is 5. The van der Waals surface area contributed by atoms with Crippen molar-refractivity contribution < 1.29 is 0 Å². The Bertz CT molecular complexity index is 671. The van der Waals surface area contributed by atoms with E-state index >= 15 is 0 Å². The molecule has 0 spiro atoms. The zero-order valence-corrected chi connectivity index (χ0v) is 15.7. The fourth-order valence-electron chi connectivity index (χ4n) is 4.27. The molecule has 1 aromatic carbocycles. The van der Waals surface area contributed by atoms with Crippen LogP contribution in [0.2, 0.25) is 0 Å². The van der Waals surface area contributed by atoms with Crippen molar-refractivity contribution >= 4 is 27.4 Å². The zero-order chi connectivity index (χ0) is 17.1. The number of hydrazine groups is 1. The Morgan fingerprint density at radius 3 is 2.60 bits per heavy atom. The Balaban J connectivity index is 1.25. The molecule has 0 bridgehead atoms. The second-order valence-corrected chi connectivity index (χ2v) is 8.31. The second kappa shape index (κ2) is 7.99. The molecule has 2 fully saturated rings. The summed E-state index contributed by atoms with van der Waals surface area (Å²) in [6, 6.07) is 9.13. The number of nitrogens with zero attached hydrogens (tertiary/aromatic N) is 3. The van der Waals surface area contributed by atoms with Gasteiger partial charge in [-0.2, -0.15) is 4.37 Å². The highest BCUT2D eigenvalue weighted by Gasteiger charge is 2.23. The number of anilines is 1. The molecule has 0 unspecified atom stereocenters. The van der Waals surface area contributed by atoms with Crippen molar-refractivity contribution in [3.05, 3.63) is 24.3 Å². The first-order valence-electron chi connectivity index (χ1n) is 9.61. The lowest BCUT2D eigenvalue weighted by Gasteiger charge is -2.36. The minimum atomic E-state index is 0.549. The van der Waals surface area contributed by atoms with Gasteiger partial charge in [-0.3, -0.25) is 16.2 Å². The molecule has 4 rings (SSSR count). The molecule has 25 heavy (non-hydrogen) atoms. The first-order valence-corrected chi connectivity index (χ1v) is 10.4. The number of hydrogen-bond acceptors (Lipinski definition) is 6. The molecule has 6 heteroatoms. The molecule has 1 aliphatic carbocycles. The number of benzene rings is 1. The number of nitrogens with two attached hydrogens (primary N) is 1. The summed E-state index contributed by atoms with van der Waals surface area (Å²) >= 11 is 1.62. The quantitative estimate of drug-likeness (QED) is 0.635. The molecule has 2 aliphatic rings. The van der Waals surface area contributed by atoms with Gasteiger partial charge in [-0.25, -0.2) is 0 Å². The molecule has 3 N–H and O–H groups in total. The van der Waals surface area contributed by atoms with Crippen molar-refractivity contribution in [2.75, 3.05) is 37.6 Å². The summed E-state index contributed by atoms with van der Waals surface area (Å²) in [5.74, 6) is 7.64. The maximum absolute atomic E-state index is 5.56. The largest absolute Gasteiger partial charge is 0.353 e. The third kappa shape index (κ3) is 3.97. The van der Waals surface area contributed by atoms with Gasteiger partial charge in [0.2, 0.25) is 0 Å². The van der Waals surface area contributed by atoms with Crippen LogP contribution >= 0.6 is 11.5 Å². The number of aromatic nitrogens is 1. The van der Waals surface area contributed by atoms with Crippen LogP contribution in [0.4, 0.5) is 5.82 Å². The van der Waals surface area contributed by atoms with Gasteiger partial charge in [0, 0.05) is 37.6 Å². The number of piperazine rings is 1. The normalized spacial score (nSPS) is 25.6. The lowest BCUT2D eigenvalue weighted by atomic mass is 9.84. The van der Waals surface area contributed by atoms with Gasteiger partial charge >= 0.3 is 0 Å². The molecule has 1 saturated carbocycles. The molecule has 1 aromatic heterocycles. The van der Waals surface area contributed by atoms with Crippen LogP contribution in [0.25, 0.3) is 10.1 Å². The summed E-state index contributed by atoms with van der Waals surface area (Å²) in [6.07, 6.45) is 6.49. The molecule has 0 radical (unpaired) electrons. The molecular weight excluding hydrogens is 330 g/mol. The van der Waals surface area contributed by atoms with E-state index < -0.39 is 0 Å². The third-order valence-corrected chi connectivity index (χ3v) is 6.78. The van der Waals surface area contributed by atoms with E-state index in [4.69, 9.17) is 10.2 Å². The van der Waals surface area contributed by atoms with Gasteiger partial charge in [-0.15, -0.1) is 0 Å². The molecule has 136 valence electrons. The first kappa shape index (κ1) is 17.2. The van der Waals surface area contributed by atoms with E-state index in [0.717, 1.165) is 32.1 Å². The summed E-state index contributed by atoms with van der Waals surface area (Å²) in [4.78, 5) is 5.10.